The van der Waals surface area contributed by atoms with E-state index >= 15 is 0 Å². The first-order valence-electron chi connectivity index (χ1n) is 5.48. The van der Waals surface area contributed by atoms with Crippen molar-refractivity contribution in [2.75, 3.05) is 5.32 Å². The summed E-state index contributed by atoms with van der Waals surface area (Å²) in [7, 11) is 0. The number of benzene rings is 1. The van der Waals surface area contributed by atoms with Crippen molar-refractivity contribution in [3.8, 4) is 0 Å². The summed E-state index contributed by atoms with van der Waals surface area (Å²) >= 11 is 0. The van der Waals surface area contributed by atoms with Crippen LogP contribution in [0.4, 0.5) is 5.69 Å². The molecular weight excluding hydrogens is 220 g/mol. The van der Waals surface area contributed by atoms with Crippen LogP contribution in [0.25, 0.3) is 0 Å². The van der Waals surface area contributed by atoms with Crippen molar-refractivity contribution >= 4 is 11.6 Å². The van der Waals surface area contributed by atoms with Crippen molar-refractivity contribution < 1.29 is 15.1 Å². The topological polar surface area (TPSA) is 81.6 Å². The van der Waals surface area contributed by atoms with E-state index in [0.717, 1.165) is 5.56 Å². The van der Waals surface area contributed by atoms with Gasteiger partial charge >= 0.3 is 0 Å². The molecule has 5 nitrogen and oxygen atoms in total. The Morgan fingerprint density at radius 3 is 2.35 bits per heavy atom. The van der Waals surface area contributed by atoms with Gasteiger partial charge in [0.05, 0.1) is 6.61 Å². The van der Waals surface area contributed by atoms with Crippen molar-refractivity contribution in [2.24, 2.45) is 0 Å². The summed E-state index contributed by atoms with van der Waals surface area (Å²) in [6.45, 7) is 3.39. The van der Waals surface area contributed by atoms with Crippen LogP contribution >= 0.6 is 0 Å². The second-order valence-corrected chi connectivity index (χ2v) is 4.11. The molecule has 17 heavy (non-hydrogen) atoms. The molecule has 0 bridgehead atoms. The number of nitrogens with one attached hydrogen (secondary N) is 2. The molecule has 4 N–H and O–H groups in total. The van der Waals surface area contributed by atoms with Gasteiger partial charge in [0.2, 0.25) is 5.91 Å². The lowest BCUT2D eigenvalue weighted by molar-refractivity contribution is -0.126. The van der Waals surface area contributed by atoms with E-state index in [9.17, 15) is 4.79 Å². The van der Waals surface area contributed by atoms with Crippen LogP contribution in [0.5, 0.6) is 0 Å². The molecule has 0 aliphatic heterocycles. The fraction of sp³-hybridized carbons (Fsp3) is 0.417. The van der Waals surface area contributed by atoms with Gasteiger partial charge in [-0.3, -0.25) is 4.79 Å². The van der Waals surface area contributed by atoms with Gasteiger partial charge in [-0.25, -0.2) is 0 Å². The Bertz CT molecular complexity index is 372. The summed E-state index contributed by atoms with van der Waals surface area (Å²) in [6.07, 6.45) is 0.462. The standard InChI is InChI=1S/C12H18N2O3/c1-3-12(2,14-17)11(16)13-10-6-4-9(8-15)5-7-10/h4-7,14-15,17H,3,8H2,1-2H3,(H,13,16). The Labute approximate surface area is 100 Å². The SMILES string of the molecule is CCC(C)(NO)C(=O)Nc1ccc(CO)cc1. The molecule has 0 heterocycles. The van der Waals surface area contributed by atoms with E-state index < -0.39 is 5.54 Å². The van der Waals surface area contributed by atoms with Gasteiger partial charge in [-0.05, 0) is 31.0 Å². The van der Waals surface area contributed by atoms with E-state index in [1.165, 1.54) is 0 Å². The summed E-state index contributed by atoms with van der Waals surface area (Å²) in [5.74, 6) is -0.306. The molecule has 1 amide bonds. The number of carbonyl (C=O) groups excluding carboxylic acids is 1. The molecule has 94 valence electrons. The molecule has 0 aromatic heterocycles. The predicted molar refractivity (Wildman–Crippen MR) is 64.6 cm³/mol. The number of hydrogen-bond acceptors (Lipinski definition) is 4. The second-order valence-electron chi connectivity index (χ2n) is 4.11. The van der Waals surface area contributed by atoms with Crippen molar-refractivity contribution in [1.82, 2.24) is 5.48 Å². The Balaban J connectivity index is 2.73. The number of carbonyl (C=O) groups is 1. The molecule has 0 aliphatic rings. The Morgan fingerprint density at radius 2 is 1.94 bits per heavy atom. The zero-order chi connectivity index (χ0) is 12.9. The smallest absolute Gasteiger partial charge is 0.246 e. The average Bonchev–Trinajstić information content (AvgIpc) is 2.38. The van der Waals surface area contributed by atoms with Gasteiger partial charge in [0.25, 0.3) is 0 Å². The Morgan fingerprint density at radius 1 is 1.35 bits per heavy atom. The highest BCUT2D eigenvalue weighted by Gasteiger charge is 2.30. The first kappa shape index (κ1) is 13.6. The zero-order valence-electron chi connectivity index (χ0n) is 10.0. The van der Waals surface area contributed by atoms with Crippen LogP contribution in [0.3, 0.4) is 0 Å². The molecule has 1 aromatic carbocycles. The number of anilines is 1. The molecule has 1 atom stereocenters. The van der Waals surface area contributed by atoms with Gasteiger partial charge in [0, 0.05) is 5.69 Å². The first-order chi connectivity index (χ1) is 8.05. The van der Waals surface area contributed by atoms with Gasteiger partial charge in [0.1, 0.15) is 5.54 Å². The van der Waals surface area contributed by atoms with Crippen molar-refractivity contribution in [3.05, 3.63) is 29.8 Å². The maximum absolute atomic E-state index is 11.9. The zero-order valence-corrected chi connectivity index (χ0v) is 10.0. The molecule has 0 fully saturated rings. The highest BCUT2D eigenvalue weighted by atomic mass is 16.5. The van der Waals surface area contributed by atoms with E-state index in [-0.39, 0.29) is 12.5 Å². The fourth-order valence-electron chi connectivity index (χ4n) is 1.25. The van der Waals surface area contributed by atoms with Crippen molar-refractivity contribution in [2.45, 2.75) is 32.4 Å². The van der Waals surface area contributed by atoms with E-state index in [0.29, 0.717) is 12.1 Å². The van der Waals surface area contributed by atoms with Crippen LogP contribution in [-0.4, -0.2) is 21.8 Å². The number of aliphatic hydroxyl groups excluding tert-OH is 1. The summed E-state index contributed by atoms with van der Waals surface area (Å²) in [5.41, 5.74) is 2.42. The quantitative estimate of drug-likeness (QED) is 0.582. The van der Waals surface area contributed by atoms with Crippen LogP contribution in [0.15, 0.2) is 24.3 Å². The maximum atomic E-state index is 11.9. The summed E-state index contributed by atoms with van der Waals surface area (Å²) in [4.78, 5) is 11.9. The number of hydrogen-bond donors (Lipinski definition) is 4. The van der Waals surface area contributed by atoms with E-state index in [1.807, 2.05) is 5.48 Å². The van der Waals surface area contributed by atoms with Gasteiger partial charge in [-0.1, -0.05) is 19.1 Å². The third kappa shape index (κ3) is 3.26. The van der Waals surface area contributed by atoms with Crippen molar-refractivity contribution in [1.29, 1.82) is 0 Å². The molecule has 0 aliphatic carbocycles. The lowest BCUT2D eigenvalue weighted by atomic mass is 9.99. The molecule has 1 unspecified atom stereocenters. The van der Waals surface area contributed by atoms with Gasteiger partial charge in [-0.15, -0.1) is 0 Å². The largest absolute Gasteiger partial charge is 0.392 e. The Hall–Kier alpha value is -1.43. The Kier molecular flexibility index (Phi) is 4.62. The first-order valence-corrected chi connectivity index (χ1v) is 5.48. The number of hydroxylamine groups is 1. The predicted octanol–water partition coefficient (Wildman–Crippen LogP) is 1.26. The third-order valence-corrected chi connectivity index (χ3v) is 2.85. The van der Waals surface area contributed by atoms with E-state index in [2.05, 4.69) is 5.32 Å². The molecule has 0 saturated heterocycles. The molecule has 1 aromatic rings. The lowest BCUT2D eigenvalue weighted by Gasteiger charge is -2.24. The average molecular weight is 238 g/mol. The fourth-order valence-corrected chi connectivity index (χ4v) is 1.25. The van der Waals surface area contributed by atoms with Crippen LogP contribution in [0.1, 0.15) is 25.8 Å². The third-order valence-electron chi connectivity index (χ3n) is 2.85. The molecule has 0 saturated carbocycles. The van der Waals surface area contributed by atoms with Gasteiger partial charge in [-0.2, -0.15) is 5.48 Å². The normalized spacial score (nSPS) is 14.1. The number of rotatable bonds is 5. The van der Waals surface area contributed by atoms with Crippen LogP contribution in [0, 0.1) is 0 Å². The summed E-state index contributed by atoms with van der Waals surface area (Å²) in [6, 6.07) is 6.87. The highest BCUT2D eigenvalue weighted by molar-refractivity contribution is 5.97. The van der Waals surface area contributed by atoms with Crippen molar-refractivity contribution in [3.63, 3.8) is 0 Å². The number of amides is 1. The lowest BCUT2D eigenvalue weighted by Crippen LogP contribution is -2.50. The number of aliphatic hydroxyl groups is 1. The second kappa shape index (κ2) is 5.77. The minimum absolute atomic E-state index is 0.0287. The highest BCUT2D eigenvalue weighted by Crippen LogP contribution is 2.14. The molecule has 1 rings (SSSR count). The van der Waals surface area contributed by atoms with Gasteiger partial charge < -0.3 is 15.6 Å². The monoisotopic (exact) mass is 238 g/mol. The summed E-state index contributed by atoms with van der Waals surface area (Å²) < 4.78 is 0. The van der Waals surface area contributed by atoms with E-state index in [4.69, 9.17) is 10.3 Å². The minimum Gasteiger partial charge on any atom is -0.392 e. The van der Waals surface area contributed by atoms with Gasteiger partial charge in [0.15, 0.2) is 0 Å². The molecule has 0 radical (unpaired) electrons. The molecular formula is C12H18N2O3. The molecule has 5 heteroatoms. The molecule has 0 spiro atoms. The van der Waals surface area contributed by atoms with E-state index in [1.54, 1.807) is 38.1 Å². The summed E-state index contributed by atoms with van der Waals surface area (Å²) in [5, 5.41) is 20.5. The minimum atomic E-state index is -1.00. The van der Waals surface area contributed by atoms with Crippen LogP contribution in [-0.2, 0) is 11.4 Å². The maximum Gasteiger partial charge on any atom is 0.246 e. The van der Waals surface area contributed by atoms with Crippen LogP contribution in [0.2, 0.25) is 0 Å². The van der Waals surface area contributed by atoms with Crippen LogP contribution < -0.4 is 10.8 Å².